The van der Waals surface area contributed by atoms with Crippen molar-refractivity contribution in [2.24, 2.45) is 0 Å². The van der Waals surface area contributed by atoms with Crippen molar-refractivity contribution in [2.45, 2.75) is 50.4 Å². The first-order chi connectivity index (χ1) is 14.6. The third-order valence-electron chi connectivity index (χ3n) is 5.18. The van der Waals surface area contributed by atoms with Crippen LogP contribution in [-0.4, -0.2) is 38.7 Å². The molecule has 1 unspecified atom stereocenters. The molecule has 6 heteroatoms. The maximum atomic E-state index is 13.4. The molecule has 0 saturated carbocycles. The minimum atomic E-state index is -0.270. The van der Waals surface area contributed by atoms with Crippen LogP contribution in [0.4, 0.5) is 0 Å². The molecule has 158 valence electrons. The number of hydrogen-bond donors (Lipinski definition) is 0. The van der Waals surface area contributed by atoms with Gasteiger partial charge in [0.15, 0.2) is 5.16 Å². The van der Waals surface area contributed by atoms with E-state index in [4.69, 9.17) is 4.98 Å². The molecule has 1 amide bonds. The molecule has 0 fully saturated rings. The number of amides is 1. The first kappa shape index (κ1) is 22.1. The van der Waals surface area contributed by atoms with Crippen molar-refractivity contribution >= 4 is 28.6 Å². The number of nitrogens with zero attached hydrogens (tertiary/aromatic N) is 3. The Kier molecular flexibility index (Phi) is 7.69. The van der Waals surface area contributed by atoms with Crippen molar-refractivity contribution in [1.82, 2.24) is 14.5 Å². The predicted octanol–water partition coefficient (Wildman–Crippen LogP) is 4.91. The fourth-order valence-corrected chi connectivity index (χ4v) is 4.72. The summed E-state index contributed by atoms with van der Waals surface area (Å²) in [4.78, 5) is 33.2. The summed E-state index contributed by atoms with van der Waals surface area (Å²) in [5.74, 6) is 0.112. The number of unbranched alkanes of at least 4 members (excludes halogenated alkanes) is 1. The highest BCUT2D eigenvalue weighted by molar-refractivity contribution is 8.00. The molecule has 30 heavy (non-hydrogen) atoms. The molecule has 0 aliphatic heterocycles. The average molecular weight is 424 g/mol. The van der Waals surface area contributed by atoms with Crippen LogP contribution in [-0.2, 0) is 4.79 Å². The van der Waals surface area contributed by atoms with E-state index in [0.717, 1.165) is 24.9 Å². The molecule has 0 radical (unpaired) electrons. The predicted molar refractivity (Wildman–Crippen MR) is 124 cm³/mol. The van der Waals surface area contributed by atoms with Crippen molar-refractivity contribution in [3.63, 3.8) is 0 Å². The number of carbonyl (C=O) groups is 1. The summed E-state index contributed by atoms with van der Waals surface area (Å²) in [6.45, 7) is 7.47. The lowest BCUT2D eigenvalue weighted by Crippen LogP contribution is -2.38. The van der Waals surface area contributed by atoms with Crippen LogP contribution < -0.4 is 5.56 Å². The number of fused-ring (bicyclic) bond motifs is 1. The van der Waals surface area contributed by atoms with Crippen LogP contribution in [0.15, 0.2) is 64.5 Å². The van der Waals surface area contributed by atoms with Gasteiger partial charge in [-0.2, -0.15) is 0 Å². The maximum absolute atomic E-state index is 13.4. The number of carbonyl (C=O) groups excluding carboxylic acids is 1. The summed E-state index contributed by atoms with van der Waals surface area (Å²) in [5, 5.41) is 0.866. The summed E-state index contributed by atoms with van der Waals surface area (Å²) in [5.41, 5.74) is 1.30. The van der Waals surface area contributed by atoms with E-state index in [-0.39, 0.29) is 16.7 Å². The topological polar surface area (TPSA) is 55.2 Å². The van der Waals surface area contributed by atoms with E-state index < -0.39 is 0 Å². The minimum Gasteiger partial charge on any atom is -0.342 e. The number of para-hydroxylation sites is 2. The number of benzene rings is 2. The van der Waals surface area contributed by atoms with Crippen molar-refractivity contribution < 1.29 is 4.79 Å². The first-order valence-corrected chi connectivity index (χ1v) is 11.5. The van der Waals surface area contributed by atoms with Crippen LogP contribution >= 0.6 is 11.8 Å². The molecular weight excluding hydrogens is 394 g/mol. The normalized spacial score (nSPS) is 12.1. The molecule has 1 atom stereocenters. The number of thioether (sulfide) groups is 1. The van der Waals surface area contributed by atoms with E-state index in [0.29, 0.717) is 29.1 Å². The van der Waals surface area contributed by atoms with Crippen molar-refractivity contribution in [2.75, 3.05) is 13.1 Å². The van der Waals surface area contributed by atoms with Gasteiger partial charge >= 0.3 is 0 Å². The summed E-state index contributed by atoms with van der Waals surface area (Å²) in [7, 11) is 0. The third kappa shape index (κ3) is 4.75. The van der Waals surface area contributed by atoms with Gasteiger partial charge in [0.2, 0.25) is 5.91 Å². The van der Waals surface area contributed by atoms with Gasteiger partial charge in [-0.1, -0.05) is 61.9 Å². The zero-order chi connectivity index (χ0) is 21.5. The van der Waals surface area contributed by atoms with Crippen LogP contribution in [0.1, 0.15) is 40.0 Å². The van der Waals surface area contributed by atoms with Crippen LogP contribution in [0, 0.1) is 0 Å². The van der Waals surface area contributed by atoms with Gasteiger partial charge in [-0.25, -0.2) is 4.98 Å². The smallest absolute Gasteiger partial charge is 0.266 e. The van der Waals surface area contributed by atoms with Gasteiger partial charge in [-0.15, -0.1) is 0 Å². The lowest BCUT2D eigenvalue weighted by Gasteiger charge is -2.25. The van der Waals surface area contributed by atoms with Crippen LogP contribution in [0.25, 0.3) is 16.6 Å². The molecule has 3 rings (SSSR count). The van der Waals surface area contributed by atoms with Gasteiger partial charge in [0.25, 0.3) is 5.56 Å². The number of hydrogen-bond acceptors (Lipinski definition) is 4. The highest BCUT2D eigenvalue weighted by atomic mass is 32.2. The Balaban J connectivity index is 2.12. The van der Waals surface area contributed by atoms with Crippen LogP contribution in [0.3, 0.4) is 0 Å². The zero-order valence-electron chi connectivity index (χ0n) is 17.9. The van der Waals surface area contributed by atoms with Gasteiger partial charge < -0.3 is 4.90 Å². The molecule has 0 spiro atoms. The maximum Gasteiger partial charge on any atom is 0.266 e. The Morgan fingerprint density at radius 1 is 1.03 bits per heavy atom. The first-order valence-electron chi connectivity index (χ1n) is 10.6. The molecular formula is C24H29N3O2S. The van der Waals surface area contributed by atoms with Gasteiger partial charge in [0.1, 0.15) is 0 Å². The Labute approximate surface area is 182 Å². The second kappa shape index (κ2) is 10.4. The monoisotopic (exact) mass is 423 g/mol. The summed E-state index contributed by atoms with van der Waals surface area (Å²) < 4.78 is 1.64. The van der Waals surface area contributed by atoms with E-state index in [1.54, 1.807) is 10.6 Å². The zero-order valence-corrected chi connectivity index (χ0v) is 18.7. The molecule has 5 nitrogen and oxygen atoms in total. The number of rotatable bonds is 9. The van der Waals surface area contributed by atoms with Gasteiger partial charge in [0, 0.05) is 13.1 Å². The Hall–Kier alpha value is -2.60. The van der Waals surface area contributed by atoms with Gasteiger partial charge in [-0.05, 0) is 44.5 Å². The van der Waals surface area contributed by atoms with Crippen LogP contribution in [0.5, 0.6) is 0 Å². The van der Waals surface area contributed by atoms with E-state index in [9.17, 15) is 9.59 Å². The van der Waals surface area contributed by atoms with Crippen molar-refractivity contribution in [1.29, 1.82) is 0 Å². The quantitative estimate of drug-likeness (QED) is 0.363. The lowest BCUT2D eigenvalue weighted by atomic mass is 10.2. The highest BCUT2D eigenvalue weighted by Crippen LogP contribution is 2.29. The fraction of sp³-hybridized carbons (Fsp3) is 0.375. The molecule has 1 heterocycles. The molecule has 1 aromatic heterocycles. The molecule has 0 saturated heterocycles. The van der Waals surface area contributed by atoms with Crippen molar-refractivity contribution in [3.8, 4) is 5.69 Å². The summed E-state index contributed by atoms with van der Waals surface area (Å²) in [6, 6.07) is 16.9. The van der Waals surface area contributed by atoms with E-state index >= 15 is 0 Å². The third-order valence-corrected chi connectivity index (χ3v) is 6.38. The average Bonchev–Trinajstić information content (AvgIpc) is 2.78. The SMILES string of the molecule is CCCCC(Sc1nc2ccccc2c(=O)n1-c1ccccc1)C(=O)N(CC)CC. The molecule has 0 aliphatic rings. The van der Waals surface area contributed by atoms with E-state index in [1.807, 2.05) is 67.3 Å². The summed E-state index contributed by atoms with van der Waals surface area (Å²) >= 11 is 1.41. The standard InChI is InChI=1S/C24H29N3O2S/c1-4-7-17-21(23(29)26(5-2)6-3)30-24-25-20-16-12-11-15-19(20)22(28)27(24)18-13-9-8-10-14-18/h8-16,21H,4-7,17H2,1-3H3. The van der Waals surface area contributed by atoms with Gasteiger partial charge in [0.05, 0.1) is 21.8 Å². The highest BCUT2D eigenvalue weighted by Gasteiger charge is 2.26. The fourth-order valence-electron chi connectivity index (χ4n) is 3.48. The lowest BCUT2D eigenvalue weighted by molar-refractivity contribution is -0.130. The van der Waals surface area contributed by atoms with Gasteiger partial charge in [-0.3, -0.25) is 14.2 Å². The van der Waals surface area contributed by atoms with Crippen LogP contribution in [0.2, 0.25) is 0 Å². The second-order valence-electron chi connectivity index (χ2n) is 7.15. The van der Waals surface area contributed by atoms with E-state index in [2.05, 4.69) is 6.92 Å². The Bertz CT molecular complexity index is 1050. The molecule has 2 aromatic carbocycles. The molecule has 0 N–H and O–H groups in total. The second-order valence-corrected chi connectivity index (χ2v) is 8.32. The Morgan fingerprint density at radius 2 is 1.70 bits per heavy atom. The summed E-state index contributed by atoms with van der Waals surface area (Å²) in [6.07, 6.45) is 2.72. The van der Waals surface area contributed by atoms with Crippen molar-refractivity contribution in [3.05, 3.63) is 65.0 Å². The largest absolute Gasteiger partial charge is 0.342 e. The Morgan fingerprint density at radius 3 is 2.37 bits per heavy atom. The molecule has 0 bridgehead atoms. The molecule has 0 aliphatic carbocycles. The minimum absolute atomic E-state index is 0.112. The number of aromatic nitrogens is 2. The molecule has 3 aromatic rings. The van der Waals surface area contributed by atoms with E-state index in [1.165, 1.54) is 11.8 Å².